The van der Waals surface area contributed by atoms with E-state index in [0.29, 0.717) is 18.1 Å². The Kier molecular flexibility index (Phi) is 4.97. The summed E-state index contributed by atoms with van der Waals surface area (Å²) in [4.78, 5) is 7.46. The smallest absolute Gasteiger partial charge is 0.453 e. The number of fused-ring (bicyclic) bond motifs is 1. The van der Waals surface area contributed by atoms with Crippen molar-refractivity contribution in [1.29, 1.82) is 0 Å². The van der Waals surface area contributed by atoms with E-state index in [1.54, 1.807) is 20.1 Å². The number of nitrogens with one attached hydrogen (secondary N) is 1. The lowest BCUT2D eigenvalue weighted by Crippen LogP contribution is -2.10. The van der Waals surface area contributed by atoms with E-state index < -0.39 is 12.0 Å². The first-order valence-electron chi connectivity index (χ1n) is 8.05. The quantitative estimate of drug-likeness (QED) is 0.678. The number of anilines is 1. The van der Waals surface area contributed by atoms with Crippen molar-refractivity contribution >= 4 is 11.6 Å². The predicted octanol–water partition coefficient (Wildman–Crippen LogP) is 3.50. The van der Waals surface area contributed by atoms with E-state index in [9.17, 15) is 13.2 Å². The first-order chi connectivity index (χ1) is 12.4. The molecular weight excluding hydrogens is 347 g/mol. The molecule has 0 aliphatic heterocycles. The fraction of sp³-hybridized carbons (Fsp3) is 0.353. The minimum Gasteiger partial charge on any atom is -0.497 e. The van der Waals surface area contributed by atoms with Gasteiger partial charge in [0.15, 0.2) is 0 Å². The zero-order valence-electron chi connectivity index (χ0n) is 14.3. The van der Waals surface area contributed by atoms with Crippen molar-refractivity contribution in [3.63, 3.8) is 0 Å². The van der Waals surface area contributed by atoms with Gasteiger partial charge in [0.05, 0.1) is 7.11 Å². The first-order valence-corrected chi connectivity index (χ1v) is 8.05. The van der Waals surface area contributed by atoms with E-state index in [0.717, 1.165) is 28.7 Å². The van der Waals surface area contributed by atoms with Crippen LogP contribution in [0.1, 0.15) is 23.5 Å². The maximum Gasteiger partial charge on any atom is 0.453 e. The minimum atomic E-state index is -4.60. The van der Waals surface area contributed by atoms with Crippen LogP contribution in [0.4, 0.5) is 19.0 Å². The molecule has 0 saturated heterocycles. The summed E-state index contributed by atoms with van der Waals surface area (Å²) in [6.07, 6.45) is -2.97. The van der Waals surface area contributed by atoms with Crippen molar-refractivity contribution in [3.05, 3.63) is 47.4 Å². The summed E-state index contributed by atoms with van der Waals surface area (Å²) in [6, 6.07) is 9.41. The lowest BCUT2D eigenvalue weighted by Gasteiger charge is -2.09. The topological polar surface area (TPSA) is 64.3 Å². The maximum absolute atomic E-state index is 12.8. The van der Waals surface area contributed by atoms with Crippen LogP contribution in [0, 0.1) is 6.92 Å². The Hall–Kier alpha value is -2.84. The second kappa shape index (κ2) is 7.19. The van der Waals surface area contributed by atoms with Gasteiger partial charge in [0.1, 0.15) is 11.6 Å². The molecule has 0 aliphatic carbocycles. The van der Waals surface area contributed by atoms with Crippen LogP contribution in [0.5, 0.6) is 5.75 Å². The summed E-state index contributed by atoms with van der Waals surface area (Å²) in [5.41, 5.74) is 1.72. The zero-order valence-corrected chi connectivity index (χ0v) is 14.3. The second-order valence-corrected chi connectivity index (χ2v) is 5.81. The third-order valence-electron chi connectivity index (χ3n) is 3.80. The SMILES string of the molecule is COc1ccc(CCCNc2cc(C)nc3nc(C(F)(F)F)nn23)cc1. The average Bonchev–Trinajstić information content (AvgIpc) is 3.03. The Labute approximate surface area is 148 Å². The van der Waals surface area contributed by atoms with Crippen molar-refractivity contribution < 1.29 is 17.9 Å². The number of hydrogen-bond acceptors (Lipinski definition) is 5. The average molecular weight is 365 g/mol. The van der Waals surface area contributed by atoms with Crippen LogP contribution in [-0.4, -0.2) is 33.2 Å². The van der Waals surface area contributed by atoms with Gasteiger partial charge < -0.3 is 10.1 Å². The highest BCUT2D eigenvalue weighted by Gasteiger charge is 2.36. The van der Waals surface area contributed by atoms with Crippen molar-refractivity contribution in [2.75, 3.05) is 19.0 Å². The molecule has 0 radical (unpaired) electrons. The number of nitrogens with zero attached hydrogens (tertiary/aromatic N) is 4. The molecule has 1 N–H and O–H groups in total. The molecule has 0 atom stereocenters. The van der Waals surface area contributed by atoms with Gasteiger partial charge in [0, 0.05) is 18.3 Å². The number of hydrogen-bond donors (Lipinski definition) is 1. The molecule has 138 valence electrons. The van der Waals surface area contributed by atoms with E-state index in [4.69, 9.17) is 4.74 Å². The molecule has 0 spiro atoms. The Morgan fingerprint density at radius 1 is 1.15 bits per heavy atom. The highest BCUT2D eigenvalue weighted by Crippen LogP contribution is 2.27. The number of alkyl halides is 3. The molecule has 2 aromatic heterocycles. The van der Waals surface area contributed by atoms with Crippen molar-refractivity contribution in [2.24, 2.45) is 0 Å². The van der Waals surface area contributed by atoms with Gasteiger partial charge >= 0.3 is 6.18 Å². The molecule has 0 amide bonds. The molecule has 1 aromatic carbocycles. The Bertz CT molecular complexity index is 890. The molecular formula is C17H18F3N5O. The molecule has 3 aromatic rings. The highest BCUT2D eigenvalue weighted by molar-refractivity contribution is 5.45. The molecule has 0 unspecified atom stereocenters. The summed E-state index contributed by atoms with van der Waals surface area (Å²) in [5.74, 6) is -0.0368. The molecule has 0 aliphatic rings. The normalized spacial score (nSPS) is 11.7. The molecule has 26 heavy (non-hydrogen) atoms. The fourth-order valence-corrected chi connectivity index (χ4v) is 2.53. The fourth-order valence-electron chi connectivity index (χ4n) is 2.53. The third-order valence-corrected chi connectivity index (χ3v) is 3.80. The second-order valence-electron chi connectivity index (χ2n) is 5.81. The van der Waals surface area contributed by atoms with E-state index in [-0.39, 0.29) is 5.78 Å². The summed E-state index contributed by atoms with van der Waals surface area (Å²) in [5, 5.41) is 6.64. The number of aryl methyl sites for hydroxylation is 2. The number of methoxy groups -OCH3 is 1. The standard InChI is InChI=1S/C17H18F3N5O/c1-11-10-14(25-16(22-11)23-15(24-25)17(18,19)20)21-9-3-4-12-5-7-13(26-2)8-6-12/h5-8,10,21H,3-4,9H2,1-2H3. The monoisotopic (exact) mass is 365 g/mol. The predicted molar refractivity (Wildman–Crippen MR) is 90.3 cm³/mol. The molecule has 0 bridgehead atoms. The van der Waals surface area contributed by atoms with Gasteiger partial charge in [-0.25, -0.2) is 4.98 Å². The van der Waals surface area contributed by atoms with Crippen molar-refractivity contribution in [3.8, 4) is 5.75 Å². The molecule has 0 fully saturated rings. The van der Waals surface area contributed by atoms with Crippen molar-refractivity contribution in [1.82, 2.24) is 19.6 Å². The van der Waals surface area contributed by atoms with Gasteiger partial charge in [-0.1, -0.05) is 12.1 Å². The van der Waals surface area contributed by atoms with Crippen molar-refractivity contribution in [2.45, 2.75) is 25.9 Å². The number of ether oxygens (including phenoxy) is 1. The van der Waals surface area contributed by atoms with E-state index in [1.165, 1.54) is 0 Å². The van der Waals surface area contributed by atoms with E-state index >= 15 is 0 Å². The minimum absolute atomic E-state index is 0.0741. The summed E-state index contributed by atoms with van der Waals surface area (Å²) >= 11 is 0. The van der Waals surface area contributed by atoms with Gasteiger partial charge in [-0.15, -0.1) is 5.10 Å². The number of aromatic nitrogens is 4. The van der Waals surface area contributed by atoms with Gasteiger partial charge in [-0.2, -0.15) is 22.7 Å². The van der Waals surface area contributed by atoms with E-state index in [2.05, 4.69) is 20.4 Å². The van der Waals surface area contributed by atoms with Crippen LogP contribution < -0.4 is 10.1 Å². The Morgan fingerprint density at radius 3 is 2.54 bits per heavy atom. The van der Waals surface area contributed by atoms with Gasteiger partial charge in [0.2, 0.25) is 0 Å². The number of benzene rings is 1. The Balaban J connectivity index is 1.67. The van der Waals surface area contributed by atoms with Crippen LogP contribution in [0.25, 0.3) is 5.78 Å². The highest BCUT2D eigenvalue weighted by atomic mass is 19.4. The third kappa shape index (κ3) is 4.04. The summed E-state index contributed by atoms with van der Waals surface area (Å²) in [7, 11) is 1.62. The van der Waals surface area contributed by atoms with Crippen LogP contribution >= 0.6 is 0 Å². The summed E-state index contributed by atoms with van der Waals surface area (Å²) < 4.78 is 44.6. The van der Waals surface area contributed by atoms with Crippen LogP contribution in [-0.2, 0) is 12.6 Å². The van der Waals surface area contributed by atoms with Gasteiger partial charge in [-0.05, 0) is 37.5 Å². The lowest BCUT2D eigenvalue weighted by atomic mass is 10.1. The molecule has 2 heterocycles. The van der Waals surface area contributed by atoms with E-state index in [1.807, 2.05) is 24.3 Å². The zero-order chi connectivity index (χ0) is 18.7. The van der Waals surface area contributed by atoms with Crippen LogP contribution in [0.3, 0.4) is 0 Å². The maximum atomic E-state index is 12.8. The van der Waals surface area contributed by atoms with Crippen LogP contribution in [0.15, 0.2) is 30.3 Å². The largest absolute Gasteiger partial charge is 0.497 e. The first kappa shape index (κ1) is 18.0. The number of halogens is 3. The number of rotatable bonds is 6. The molecule has 0 saturated carbocycles. The van der Waals surface area contributed by atoms with Gasteiger partial charge in [-0.3, -0.25) is 0 Å². The molecule has 6 nitrogen and oxygen atoms in total. The summed E-state index contributed by atoms with van der Waals surface area (Å²) in [6.45, 7) is 2.27. The Morgan fingerprint density at radius 2 is 1.88 bits per heavy atom. The molecule has 9 heteroatoms. The lowest BCUT2D eigenvalue weighted by molar-refractivity contribution is -0.144. The van der Waals surface area contributed by atoms with Crippen LogP contribution in [0.2, 0.25) is 0 Å². The van der Waals surface area contributed by atoms with Gasteiger partial charge in [0.25, 0.3) is 11.6 Å². The molecule has 3 rings (SSSR count).